The maximum absolute atomic E-state index is 9.66. The molecule has 0 bridgehead atoms. The Labute approximate surface area is 123 Å². The highest BCUT2D eigenvalue weighted by molar-refractivity contribution is 6.62. The van der Waals surface area contributed by atoms with E-state index in [4.69, 9.17) is 4.98 Å². The molecule has 3 aromatic rings. The second kappa shape index (κ2) is 5.02. The molecule has 0 aliphatic rings. The number of anilines is 1. The van der Waals surface area contributed by atoms with Crippen molar-refractivity contribution in [1.29, 1.82) is 0 Å². The molecule has 0 atom stereocenters. The number of benzene rings is 2. The van der Waals surface area contributed by atoms with Gasteiger partial charge in [0.1, 0.15) is 5.82 Å². The van der Waals surface area contributed by atoms with Crippen molar-refractivity contribution in [3.8, 4) is 0 Å². The lowest BCUT2D eigenvalue weighted by Crippen LogP contribution is -2.31. The maximum Gasteiger partial charge on any atom is 0.489 e. The number of hydrogen-bond acceptors (Lipinski definition) is 4. The third kappa shape index (κ3) is 2.24. The maximum atomic E-state index is 9.66. The Morgan fingerprint density at radius 2 is 1.81 bits per heavy atom. The fourth-order valence-corrected chi connectivity index (χ4v) is 2.72. The monoisotopic (exact) mass is 280 g/mol. The predicted molar refractivity (Wildman–Crippen MR) is 88.1 cm³/mol. The molecule has 21 heavy (non-hydrogen) atoms. The van der Waals surface area contributed by atoms with Crippen molar-refractivity contribution in [2.45, 2.75) is 6.92 Å². The van der Waals surface area contributed by atoms with E-state index >= 15 is 0 Å². The first-order valence-electron chi connectivity index (χ1n) is 6.85. The summed E-state index contributed by atoms with van der Waals surface area (Å²) in [6.07, 6.45) is 0. The van der Waals surface area contributed by atoms with Gasteiger partial charge in [0.2, 0.25) is 0 Å². The van der Waals surface area contributed by atoms with E-state index < -0.39 is 7.12 Å². The van der Waals surface area contributed by atoms with Gasteiger partial charge in [0, 0.05) is 24.9 Å². The van der Waals surface area contributed by atoms with Gasteiger partial charge in [-0.2, -0.15) is 0 Å². The van der Waals surface area contributed by atoms with E-state index in [0.29, 0.717) is 5.46 Å². The molecule has 0 saturated heterocycles. The number of nitrogens with zero attached hydrogens (tertiary/aromatic N) is 2. The second-order valence-electron chi connectivity index (χ2n) is 5.49. The fraction of sp³-hybridized carbons (Fsp3) is 0.188. The van der Waals surface area contributed by atoms with Crippen LogP contribution in [-0.4, -0.2) is 36.2 Å². The molecule has 0 aliphatic heterocycles. The van der Waals surface area contributed by atoms with E-state index in [1.54, 1.807) is 6.07 Å². The van der Waals surface area contributed by atoms with Crippen molar-refractivity contribution < 1.29 is 10.0 Å². The van der Waals surface area contributed by atoms with Crippen LogP contribution >= 0.6 is 0 Å². The molecule has 1 aromatic heterocycles. The molecule has 0 amide bonds. The van der Waals surface area contributed by atoms with Crippen LogP contribution in [0.15, 0.2) is 36.4 Å². The van der Waals surface area contributed by atoms with Crippen molar-refractivity contribution >= 4 is 40.1 Å². The summed E-state index contributed by atoms with van der Waals surface area (Å²) in [5, 5.41) is 22.1. The first-order chi connectivity index (χ1) is 9.99. The van der Waals surface area contributed by atoms with Crippen LogP contribution in [0.1, 0.15) is 5.56 Å². The van der Waals surface area contributed by atoms with Crippen molar-refractivity contribution in [1.82, 2.24) is 4.98 Å². The molecule has 4 nitrogen and oxygen atoms in total. The lowest BCUT2D eigenvalue weighted by atomic mass is 9.77. The van der Waals surface area contributed by atoms with Crippen LogP contribution in [0.4, 0.5) is 5.82 Å². The minimum Gasteiger partial charge on any atom is -0.423 e. The minimum atomic E-state index is -1.52. The standard InChI is InChI=1S/C16H17BN2O2/c1-10-7-8-14-12(9-10)11-5-4-6-13(17(20)21)15(11)16(18-14)19(2)3/h4-9,20-21H,1-3H3. The number of aromatic nitrogens is 1. The van der Waals surface area contributed by atoms with Gasteiger partial charge in [-0.15, -0.1) is 0 Å². The van der Waals surface area contributed by atoms with Crippen LogP contribution in [0.25, 0.3) is 21.7 Å². The van der Waals surface area contributed by atoms with Crippen molar-refractivity contribution in [3.63, 3.8) is 0 Å². The Bertz CT molecular complexity index is 831. The Morgan fingerprint density at radius 3 is 2.48 bits per heavy atom. The smallest absolute Gasteiger partial charge is 0.423 e. The van der Waals surface area contributed by atoms with Gasteiger partial charge in [-0.1, -0.05) is 29.8 Å². The number of aryl methyl sites for hydroxylation is 1. The van der Waals surface area contributed by atoms with E-state index in [-0.39, 0.29) is 0 Å². The summed E-state index contributed by atoms with van der Waals surface area (Å²) in [5.41, 5.74) is 2.53. The topological polar surface area (TPSA) is 56.6 Å². The molecule has 0 radical (unpaired) electrons. The van der Waals surface area contributed by atoms with Gasteiger partial charge in [-0.3, -0.25) is 0 Å². The number of rotatable bonds is 2. The quantitative estimate of drug-likeness (QED) is 0.551. The molecule has 5 heteroatoms. The lowest BCUT2D eigenvalue weighted by molar-refractivity contribution is 0.426. The predicted octanol–water partition coefficient (Wildman–Crippen LogP) is 1.44. The molecular formula is C16H17BN2O2. The van der Waals surface area contributed by atoms with Gasteiger partial charge in [-0.05, 0) is 29.9 Å². The van der Waals surface area contributed by atoms with E-state index in [9.17, 15) is 10.0 Å². The number of hydrogen-bond donors (Lipinski definition) is 2. The fourth-order valence-electron chi connectivity index (χ4n) is 2.72. The average Bonchev–Trinajstić information content (AvgIpc) is 2.45. The van der Waals surface area contributed by atoms with Gasteiger partial charge >= 0.3 is 7.12 Å². The van der Waals surface area contributed by atoms with Gasteiger partial charge < -0.3 is 14.9 Å². The molecule has 0 unspecified atom stereocenters. The average molecular weight is 280 g/mol. The molecule has 0 spiro atoms. The summed E-state index contributed by atoms with van der Waals surface area (Å²) in [6.45, 7) is 2.04. The summed E-state index contributed by atoms with van der Waals surface area (Å²) in [7, 11) is 2.29. The Balaban J connectivity index is 2.55. The summed E-state index contributed by atoms with van der Waals surface area (Å²) < 4.78 is 0. The third-order valence-electron chi connectivity index (χ3n) is 3.69. The van der Waals surface area contributed by atoms with Gasteiger partial charge in [0.05, 0.1) is 5.52 Å². The van der Waals surface area contributed by atoms with Crippen LogP contribution in [0.5, 0.6) is 0 Å². The molecule has 106 valence electrons. The number of pyridine rings is 1. The van der Waals surface area contributed by atoms with Crippen LogP contribution < -0.4 is 10.4 Å². The summed E-state index contributed by atoms with van der Waals surface area (Å²) in [5.74, 6) is 0.741. The highest BCUT2D eigenvalue weighted by Crippen LogP contribution is 2.30. The van der Waals surface area contributed by atoms with E-state index in [1.807, 2.05) is 50.2 Å². The van der Waals surface area contributed by atoms with Gasteiger partial charge in [0.15, 0.2) is 0 Å². The molecule has 3 rings (SSSR count). The summed E-state index contributed by atoms with van der Waals surface area (Å²) >= 11 is 0. The van der Waals surface area contributed by atoms with Crippen molar-refractivity contribution in [2.24, 2.45) is 0 Å². The summed E-state index contributed by atoms with van der Waals surface area (Å²) in [4.78, 5) is 6.59. The molecule has 1 heterocycles. The van der Waals surface area contributed by atoms with Crippen LogP contribution in [-0.2, 0) is 0 Å². The first kappa shape index (κ1) is 13.9. The highest BCUT2D eigenvalue weighted by Gasteiger charge is 2.20. The Kier molecular flexibility index (Phi) is 3.31. The molecule has 2 aromatic carbocycles. The van der Waals surface area contributed by atoms with Crippen molar-refractivity contribution in [3.05, 3.63) is 42.0 Å². The zero-order valence-electron chi connectivity index (χ0n) is 12.3. The zero-order valence-corrected chi connectivity index (χ0v) is 12.3. The number of fused-ring (bicyclic) bond motifs is 3. The van der Waals surface area contributed by atoms with Crippen LogP contribution in [0.3, 0.4) is 0 Å². The SMILES string of the molecule is Cc1ccc2nc(N(C)C)c3c(B(O)O)cccc3c2c1. The third-order valence-corrected chi connectivity index (χ3v) is 3.69. The van der Waals surface area contributed by atoms with Crippen molar-refractivity contribution in [2.75, 3.05) is 19.0 Å². The van der Waals surface area contributed by atoms with Gasteiger partial charge in [-0.25, -0.2) is 4.98 Å². The molecule has 2 N–H and O–H groups in total. The van der Waals surface area contributed by atoms with Gasteiger partial charge in [0.25, 0.3) is 0 Å². The second-order valence-corrected chi connectivity index (χ2v) is 5.49. The Morgan fingerprint density at radius 1 is 1.05 bits per heavy atom. The molecule has 0 fully saturated rings. The van der Waals surface area contributed by atoms with E-state index in [0.717, 1.165) is 33.1 Å². The van der Waals surface area contributed by atoms with Crippen LogP contribution in [0, 0.1) is 6.92 Å². The molecule has 0 aliphatic carbocycles. The van der Waals surface area contributed by atoms with E-state index in [2.05, 4.69) is 6.07 Å². The molecular weight excluding hydrogens is 263 g/mol. The summed E-state index contributed by atoms with van der Waals surface area (Å²) in [6, 6.07) is 11.7. The first-order valence-corrected chi connectivity index (χ1v) is 6.85. The molecule has 0 saturated carbocycles. The Hall–Kier alpha value is -2.11. The zero-order chi connectivity index (χ0) is 15.1. The van der Waals surface area contributed by atoms with Crippen LogP contribution in [0.2, 0.25) is 0 Å². The lowest BCUT2D eigenvalue weighted by Gasteiger charge is -2.18. The minimum absolute atomic E-state index is 0.479. The largest absolute Gasteiger partial charge is 0.489 e. The van der Waals surface area contributed by atoms with E-state index in [1.165, 1.54) is 0 Å². The normalized spacial score (nSPS) is 11.1. The highest BCUT2D eigenvalue weighted by atomic mass is 16.4.